The molecule has 2 aromatic carbocycles. The fourth-order valence-corrected chi connectivity index (χ4v) is 3.30. The second-order valence-electron chi connectivity index (χ2n) is 6.71. The Morgan fingerprint density at radius 1 is 1.21 bits per heavy atom. The first kappa shape index (κ1) is 20.7. The molecule has 1 unspecified atom stereocenters. The first-order valence-electron chi connectivity index (χ1n) is 9.06. The van der Waals surface area contributed by atoms with E-state index in [0.717, 1.165) is 0 Å². The summed E-state index contributed by atoms with van der Waals surface area (Å²) < 4.78 is 5.34. The van der Waals surface area contributed by atoms with E-state index < -0.39 is 17.4 Å². The number of anilines is 1. The molecule has 1 heterocycles. The van der Waals surface area contributed by atoms with Crippen LogP contribution in [-0.4, -0.2) is 34.9 Å². The topological polar surface area (TPSA) is 103 Å². The second kappa shape index (κ2) is 8.98. The number of carbonyl (C=O) groups is 1. The van der Waals surface area contributed by atoms with E-state index in [-0.39, 0.29) is 16.3 Å². The number of carbonyl (C=O) groups excluding carboxylic acids is 1. The summed E-state index contributed by atoms with van der Waals surface area (Å²) in [6.07, 6.45) is 0.977. The molecule has 0 aliphatic carbocycles. The van der Waals surface area contributed by atoms with E-state index >= 15 is 0 Å². The largest absolute Gasteiger partial charge is 0.508 e. The molecule has 0 spiro atoms. The Bertz CT molecular complexity index is 998. The van der Waals surface area contributed by atoms with E-state index in [1.54, 1.807) is 18.2 Å². The molecular formula is C22H19ClN2O4. The number of phenols is 1. The lowest BCUT2D eigenvalue weighted by Gasteiger charge is -2.33. The number of nitrogens with zero attached hydrogens (tertiary/aromatic N) is 1. The number of amides is 1. The summed E-state index contributed by atoms with van der Waals surface area (Å²) in [6.45, 7) is 0.869. The van der Waals surface area contributed by atoms with Crippen LogP contribution in [0.15, 0.2) is 42.5 Å². The number of hydrogen-bond acceptors (Lipinski definition) is 5. The first-order chi connectivity index (χ1) is 13.9. The van der Waals surface area contributed by atoms with Gasteiger partial charge < -0.3 is 20.3 Å². The second-order valence-corrected chi connectivity index (χ2v) is 7.12. The molecule has 1 atom stereocenters. The molecule has 3 N–H and O–H groups in total. The lowest BCUT2D eigenvalue weighted by atomic mass is 9.81. The number of phenolic OH excluding ortho intramolecular Hbond substituents is 1. The van der Waals surface area contributed by atoms with Gasteiger partial charge in [-0.05, 0) is 55.3 Å². The highest BCUT2D eigenvalue weighted by Crippen LogP contribution is 2.30. The molecule has 2 aromatic rings. The number of hydrogen-bond donors (Lipinski definition) is 3. The summed E-state index contributed by atoms with van der Waals surface area (Å²) in [5.41, 5.74) is -0.739. The Balaban J connectivity index is 1.90. The van der Waals surface area contributed by atoms with Crippen molar-refractivity contribution < 1.29 is 19.7 Å². The predicted molar refractivity (Wildman–Crippen MR) is 108 cm³/mol. The van der Waals surface area contributed by atoms with Crippen LogP contribution in [0.4, 0.5) is 5.69 Å². The number of halogens is 1. The van der Waals surface area contributed by atoms with Gasteiger partial charge in [0.25, 0.3) is 5.91 Å². The lowest BCUT2D eigenvalue weighted by Crippen LogP contribution is -2.50. The highest BCUT2D eigenvalue weighted by molar-refractivity contribution is 6.32. The minimum Gasteiger partial charge on any atom is -0.508 e. The van der Waals surface area contributed by atoms with Gasteiger partial charge in [-0.15, -0.1) is 0 Å². The number of nitriles is 1. The Hall–Kier alpha value is -3.03. The maximum atomic E-state index is 13.0. The summed E-state index contributed by atoms with van der Waals surface area (Å²) in [7, 11) is 0. The maximum absolute atomic E-state index is 13.0. The van der Waals surface area contributed by atoms with Gasteiger partial charge in [0.15, 0.2) is 0 Å². The van der Waals surface area contributed by atoms with Crippen LogP contribution in [0.1, 0.15) is 24.0 Å². The summed E-state index contributed by atoms with van der Waals surface area (Å²) in [6, 6.07) is 12.6. The third-order valence-electron chi connectivity index (χ3n) is 4.77. The van der Waals surface area contributed by atoms with Crippen molar-refractivity contribution in [3.63, 3.8) is 0 Å². The summed E-state index contributed by atoms with van der Waals surface area (Å²) in [5.74, 6) is 4.58. The summed E-state index contributed by atoms with van der Waals surface area (Å²) in [4.78, 5) is 13.0. The van der Waals surface area contributed by atoms with Gasteiger partial charge >= 0.3 is 0 Å². The fraction of sp³-hybridized carbons (Fsp3) is 0.273. The normalized spacial score (nSPS) is 16.0. The lowest BCUT2D eigenvalue weighted by molar-refractivity contribution is -0.136. The Kier molecular flexibility index (Phi) is 6.41. The van der Waals surface area contributed by atoms with Gasteiger partial charge in [0.2, 0.25) is 5.60 Å². The zero-order valence-electron chi connectivity index (χ0n) is 15.5. The van der Waals surface area contributed by atoms with E-state index in [0.29, 0.717) is 37.3 Å². The molecule has 0 radical (unpaired) electrons. The van der Waals surface area contributed by atoms with Gasteiger partial charge in [0.1, 0.15) is 11.8 Å². The van der Waals surface area contributed by atoms with Gasteiger partial charge in [-0.1, -0.05) is 23.4 Å². The molecule has 0 aromatic heterocycles. The van der Waals surface area contributed by atoms with Gasteiger partial charge in [-0.3, -0.25) is 4.79 Å². The molecule has 0 saturated carbocycles. The molecule has 0 bridgehead atoms. The summed E-state index contributed by atoms with van der Waals surface area (Å²) >= 11 is 6.03. The van der Waals surface area contributed by atoms with E-state index in [1.165, 1.54) is 24.3 Å². The highest BCUT2D eigenvalue weighted by atomic mass is 35.5. The van der Waals surface area contributed by atoms with Crippen molar-refractivity contribution in [3.05, 3.63) is 58.6 Å². The van der Waals surface area contributed by atoms with Crippen molar-refractivity contribution in [1.82, 2.24) is 0 Å². The zero-order chi connectivity index (χ0) is 20.9. The third kappa shape index (κ3) is 4.88. The molecule has 1 aliphatic heterocycles. The average molecular weight is 411 g/mol. The maximum Gasteiger partial charge on any atom is 0.269 e. The molecule has 3 rings (SSSR count). The monoisotopic (exact) mass is 410 g/mol. The van der Waals surface area contributed by atoms with Crippen LogP contribution in [-0.2, 0) is 9.53 Å². The molecule has 1 fully saturated rings. The van der Waals surface area contributed by atoms with Crippen molar-refractivity contribution in [2.45, 2.75) is 18.4 Å². The Morgan fingerprint density at radius 3 is 2.52 bits per heavy atom. The van der Waals surface area contributed by atoms with E-state index in [1.807, 2.05) is 6.07 Å². The van der Waals surface area contributed by atoms with Crippen molar-refractivity contribution in [2.75, 3.05) is 18.5 Å². The van der Waals surface area contributed by atoms with Gasteiger partial charge in [0, 0.05) is 30.4 Å². The van der Waals surface area contributed by atoms with Crippen molar-refractivity contribution in [2.24, 2.45) is 5.92 Å². The van der Waals surface area contributed by atoms with Gasteiger partial charge in [-0.25, -0.2) is 0 Å². The zero-order valence-corrected chi connectivity index (χ0v) is 16.2. The minimum absolute atomic E-state index is 0.102. The first-order valence-corrected chi connectivity index (χ1v) is 9.43. The molecule has 148 valence electrons. The minimum atomic E-state index is -1.94. The SMILES string of the molecule is N#Cc1ccc(NC(=O)C(O)(C#Cc2ccc(O)cc2)C2CCOCC2)cc1Cl. The predicted octanol–water partition coefficient (Wildman–Crippen LogP) is 3.07. The van der Waals surface area contributed by atoms with Crippen LogP contribution < -0.4 is 5.32 Å². The Morgan fingerprint density at radius 2 is 1.90 bits per heavy atom. The highest BCUT2D eigenvalue weighted by Gasteiger charge is 2.43. The molecule has 7 heteroatoms. The number of ether oxygens (including phenoxy) is 1. The third-order valence-corrected chi connectivity index (χ3v) is 5.08. The Labute approximate surface area is 173 Å². The van der Waals surface area contributed by atoms with Gasteiger partial charge in [0.05, 0.1) is 10.6 Å². The molecule has 1 aliphatic rings. The van der Waals surface area contributed by atoms with Crippen LogP contribution in [0.3, 0.4) is 0 Å². The van der Waals surface area contributed by atoms with Gasteiger partial charge in [-0.2, -0.15) is 5.26 Å². The van der Waals surface area contributed by atoms with Crippen molar-refractivity contribution in [3.8, 4) is 23.7 Å². The van der Waals surface area contributed by atoms with Crippen molar-refractivity contribution in [1.29, 1.82) is 5.26 Å². The molecule has 6 nitrogen and oxygen atoms in total. The van der Waals surface area contributed by atoms with Crippen LogP contribution in [0.5, 0.6) is 5.75 Å². The average Bonchev–Trinajstić information content (AvgIpc) is 2.74. The number of aromatic hydroxyl groups is 1. The molecule has 29 heavy (non-hydrogen) atoms. The fourth-order valence-electron chi connectivity index (χ4n) is 3.08. The van der Waals surface area contributed by atoms with E-state index in [2.05, 4.69) is 17.2 Å². The molecule has 1 amide bonds. The number of benzene rings is 2. The molecule has 1 saturated heterocycles. The number of rotatable bonds is 3. The van der Waals surface area contributed by atoms with E-state index in [9.17, 15) is 15.0 Å². The van der Waals surface area contributed by atoms with Crippen LogP contribution in [0.25, 0.3) is 0 Å². The number of nitrogens with one attached hydrogen (secondary N) is 1. The van der Waals surface area contributed by atoms with Crippen LogP contribution in [0.2, 0.25) is 5.02 Å². The quantitative estimate of drug-likeness (QED) is 0.675. The van der Waals surface area contributed by atoms with Crippen LogP contribution in [0, 0.1) is 29.1 Å². The standard InChI is InChI=1S/C22H19ClN2O4/c23-20-13-18(4-3-16(20)14-24)25-21(27)22(28,17-8-11-29-12-9-17)10-7-15-1-5-19(26)6-2-15/h1-6,13,17,26,28H,8-9,11-12H2,(H,25,27). The molecular weight excluding hydrogens is 392 g/mol. The van der Waals surface area contributed by atoms with E-state index in [4.69, 9.17) is 21.6 Å². The summed E-state index contributed by atoms with van der Waals surface area (Å²) in [5, 5.41) is 32.5. The van der Waals surface area contributed by atoms with Crippen LogP contribution >= 0.6 is 11.6 Å². The smallest absolute Gasteiger partial charge is 0.269 e. The number of aliphatic hydroxyl groups is 1. The van der Waals surface area contributed by atoms with Crippen molar-refractivity contribution >= 4 is 23.2 Å².